The molecule has 6 radical (unpaired) electrons. The molecule has 0 atom stereocenters. The average molecular weight is 594 g/mol. The first kappa shape index (κ1) is 27.7. The Hall–Kier alpha value is 5.49. The molecule has 0 aliphatic carbocycles. The van der Waals surface area contributed by atoms with E-state index in [0.29, 0.717) is 0 Å². The molecule has 5 heterocycles. The summed E-state index contributed by atoms with van der Waals surface area (Å²) < 4.78 is 50.6. The third-order valence-corrected chi connectivity index (χ3v) is 2.89. The zero-order valence-electron chi connectivity index (χ0n) is 9.52. The molecule has 5 aliphatic heterocycles. The van der Waals surface area contributed by atoms with Crippen LogP contribution in [0.1, 0.15) is 0 Å². The summed E-state index contributed by atoms with van der Waals surface area (Å²) in [5.74, 6) is 0. The Kier molecular flexibility index (Phi) is 26.7. The van der Waals surface area contributed by atoms with E-state index in [1.807, 2.05) is 0 Å². The van der Waals surface area contributed by atoms with Gasteiger partial charge in [0.25, 0.3) is 0 Å². The van der Waals surface area contributed by atoms with Crippen molar-refractivity contribution in [3.8, 4) is 0 Å². The van der Waals surface area contributed by atoms with Gasteiger partial charge in [-0.25, -0.2) is 0 Å². The monoisotopic (exact) mass is 594 g/mol. The summed E-state index contributed by atoms with van der Waals surface area (Å²) >= 11 is -3.57. The molecule has 0 bridgehead atoms. The van der Waals surface area contributed by atoms with Crippen LogP contribution in [0.5, 0.6) is 0 Å². The summed E-state index contributed by atoms with van der Waals surface area (Å²) in [6.07, 6.45) is 0. The fourth-order valence-corrected chi connectivity index (χ4v) is 1.42. The van der Waals surface area contributed by atoms with Crippen molar-refractivity contribution in [2.75, 3.05) is 0 Å². The van der Waals surface area contributed by atoms with Crippen molar-refractivity contribution in [3.05, 3.63) is 0 Å². The summed E-state index contributed by atoms with van der Waals surface area (Å²) in [6, 6.07) is 0. The zero-order valence-corrected chi connectivity index (χ0v) is 23.8. The first-order chi connectivity index (χ1) is 8.45. The molecule has 0 unspecified atom stereocenters. The zero-order chi connectivity index (χ0) is 11.8. The Morgan fingerprint density at radius 3 is 0.800 bits per heavy atom. The fourth-order valence-electron chi connectivity index (χ4n) is 0.200. The average Bonchev–Trinajstić information content (AvgIpc) is 3.20. The molecule has 0 aromatic heterocycles. The SMILES string of the molecule is [O]1[O][Al]1.[O]1[O][Al]1.[O]1[O][Al]1.[O]1[O][Al]1[O][O][Al]1[O][O]1.[Y].[Y].[Y]. The van der Waals surface area contributed by atoms with Gasteiger partial charge in [-0.1, -0.05) is 0 Å². The van der Waals surface area contributed by atoms with Gasteiger partial charge in [-0.05, 0) is 0 Å². The van der Waals surface area contributed by atoms with E-state index in [0.717, 1.165) is 0 Å². The van der Waals surface area contributed by atoms with Crippen LogP contribution in [0.15, 0.2) is 0 Å². The molecule has 5 aliphatic rings. The van der Waals surface area contributed by atoms with E-state index in [1.165, 1.54) is 0 Å². The van der Waals surface area contributed by atoms with Crippen LogP contribution >= 0.6 is 0 Å². The van der Waals surface area contributed by atoms with Crippen molar-refractivity contribution in [1.29, 1.82) is 0 Å². The minimum Gasteiger partial charge on any atom is -0.362 e. The minimum absolute atomic E-state index is 0. The smallest absolute Gasteiger partial charge is 0.362 e. The van der Waals surface area contributed by atoms with Gasteiger partial charge in [-0.15, -0.1) is 0 Å². The molecule has 12 nitrogen and oxygen atoms in total. The number of rotatable bonds is 3. The van der Waals surface area contributed by atoms with Crippen LogP contribution in [0.25, 0.3) is 0 Å². The second-order valence-corrected chi connectivity index (χ2v) is 6.06. The van der Waals surface area contributed by atoms with E-state index in [-0.39, 0.29) is 146 Å². The summed E-state index contributed by atoms with van der Waals surface area (Å²) in [7, 11) is 0. The van der Waals surface area contributed by atoms with Gasteiger partial charge in [0.15, 0.2) is 0 Å². The fraction of sp³-hybridized carbons (Fsp3) is 0. The Bertz CT molecular complexity index is 163. The predicted octanol–water partition coefficient (Wildman–Crippen LogP) is -2.73. The van der Waals surface area contributed by atoms with Gasteiger partial charge in [0.1, 0.15) is 0 Å². The molecule has 5 saturated heterocycles. The minimum atomic E-state index is -1.78. The van der Waals surface area contributed by atoms with Crippen LogP contribution in [-0.2, 0) is 145 Å². The molecular formula is Al5O12Y3. The van der Waals surface area contributed by atoms with Crippen LogP contribution < -0.4 is 0 Å². The summed E-state index contributed by atoms with van der Waals surface area (Å²) in [4.78, 5) is 0. The molecule has 0 spiro atoms. The maximum Gasteiger partial charge on any atom is 0.986 e. The Balaban J connectivity index is 0. The third-order valence-electron chi connectivity index (χ3n) is 0.851. The molecule has 20 heteroatoms. The van der Waals surface area contributed by atoms with Gasteiger partial charge in [0.05, 0.1) is 0 Å². The molecule has 0 N–H and O–H groups in total. The largest absolute Gasteiger partial charge is 0.986 e. The molecular weight excluding hydrogens is 594 g/mol. The van der Waals surface area contributed by atoms with Crippen molar-refractivity contribution >= 4 is 78.0 Å². The Morgan fingerprint density at radius 2 is 0.700 bits per heavy atom. The van der Waals surface area contributed by atoms with E-state index >= 15 is 0 Å². The Morgan fingerprint density at radius 1 is 0.500 bits per heavy atom. The predicted molar refractivity (Wildman–Crippen MR) is 41.8 cm³/mol. The second kappa shape index (κ2) is 19.3. The summed E-state index contributed by atoms with van der Waals surface area (Å²) in [6.45, 7) is 0. The first-order valence-electron chi connectivity index (χ1n) is 3.83. The van der Waals surface area contributed by atoms with Gasteiger partial charge in [0.2, 0.25) is 0 Å². The van der Waals surface area contributed by atoms with Crippen molar-refractivity contribution in [2.45, 2.75) is 0 Å². The van der Waals surface area contributed by atoms with Gasteiger partial charge >= 0.3 is 78.0 Å². The number of hydrogen-bond donors (Lipinski definition) is 0. The van der Waals surface area contributed by atoms with Gasteiger partial charge < -0.3 is 47.3 Å². The van der Waals surface area contributed by atoms with E-state index in [9.17, 15) is 0 Å². The molecule has 5 rings (SSSR count). The molecule has 0 saturated carbocycles. The maximum atomic E-state index is 4.48. The summed E-state index contributed by atoms with van der Waals surface area (Å²) in [5.41, 5.74) is 0. The third kappa shape index (κ3) is 31.3. The maximum absolute atomic E-state index is 4.48. The summed E-state index contributed by atoms with van der Waals surface area (Å²) in [5, 5.41) is 0. The second-order valence-electron chi connectivity index (χ2n) is 2.02. The molecule has 96 valence electrons. The normalized spacial score (nSPS) is 19.2. The van der Waals surface area contributed by atoms with Gasteiger partial charge in [-0.2, -0.15) is 0 Å². The van der Waals surface area contributed by atoms with E-state index < -0.39 is 30.3 Å². The molecule has 0 amide bonds. The van der Waals surface area contributed by atoms with E-state index in [4.69, 9.17) is 0 Å². The first-order valence-corrected chi connectivity index (χ1v) is 9.49. The van der Waals surface area contributed by atoms with Crippen LogP contribution in [0, 0.1) is 0 Å². The number of hydrogen-bond acceptors (Lipinski definition) is 12. The van der Waals surface area contributed by atoms with E-state index in [2.05, 4.69) is 47.3 Å². The van der Waals surface area contributed by atoms with Crippen molar-refractivity contribution in [3.63, 3.8) is 0 Å². The van der Waals surface area contributed by atoms with Crippen LogP contribution in [0.2, 0.25) is 0 Å². The standard InChI is InChI=1S/5Al.6O2.3Y/c;;;;;6*1-2;;;/q3*+2;2*+3;6*-2;;;. The molecule has 0 aromatic carbocycles. The molecule has 20 heavy (non-hydrogen) atoms. The molecule has 0 aromatic rings. The van der Waals surface area contributed by atoms with Crippen LogP contribution in [0.3, 0.4) is 0 Å². The van der Waals surface area contributed by atoms with Crippen molar-refractivity contribution in [2.24, 2.45) is 0 Å². The van der Waals surface area contributed by atoms with Crippen LogP contribution in [0.4, 0.5) is 0 Å². The topological polar surface area (TPSA) is 144 Å². The van der Waals surface area contributed by atoms with E-state index in [1.54, 1.807) is 0 Å². The van der Waals surface area contributed by atoms with Crippen LogP contribution in [-0.4, -0.2) is 78.0 Å². The Labute approximate surface area is 218 Å². The quantitative estimate of drug-likeness (QED) is 0.145. The van der Waals surface area contributed by atoms with Gasteiger partial charge in [0, 0.05) is 98.1 Å². The van der Waals surface area contributed by atoms with Crippen molar-refractivity contribution < 1.29 is 145 Å². The molecule has 5 fully saturated rings. The van der Waals surface area contributed by atoms with Crippen molar-refractivity contribution in [1.82, 2.24) is 0 Å². The van der Waals surface area contributed by atoms with Gasteiger partial charge in [-0.3, -0.25) is 0 Å².